The van der Waals surface area contributed by atoms with Crippen molar-refractivity contribution in [1.29, 1.82) is 0 Å². The molecule has 1 aliphatic rings. The molecule has 26 heavy (non-hydrogen) atoms. The van der Waals surface area contributed by atoms with Gasteiger partial charge in [0.05, 0.1) is 19.8 Å². The molecule has 1 aromatic carbocycles. The van der Waals surface area contributed by atoms with Crippen LogP contribution in [0.15, 0.2) is 35.3 Å². The summed E-state index contributed by atoms with van der Waals surface area (Å²) in [4.78, 5) is 9.51. The molecule has 0 bridgehead atoms. The second-order valence-corrected chi connectivity index (χ2v) is 7.98. The van der Waals surface area contributed by atoms with Crippen LogP contribution in [0.1, 0.15) is 32.8 Å². The van der Waals surface area contributed by atoms with Gasteiger partial charge in [0.2, 0.25) is 0 Å². The van der Waals surface area contributed by atoms with Gasteiger partial charge in [0.25, 0.3) is 0 Å². The van der Waals surface area contributed by atoms with Gasteiger partial charge in [-0.3, -0.25) is 4.99 Å². The Morgan fingerprint density at radius 1 is 1.31 bits per heavy atom. The highest BCUT2D eigenvalue weighted by Gasteiger charge is 2.26. The fourth-order valence-corrected chi connectivity index (χ4v) is 2.91. The van der Waals surface area contributed by atoms with Crippen molar-refractivity contribution in [3.05, 3.63) is 35.9 Å². The maximum Gasteiger partial charge on any atom is 0.193 e. The molecular formula is C21H36N4O. The predicted molar refractivity (Wildman–Crippen MR) is 110 cm³/mol. The molecule has 1 fully saturated rings. The van der Waals surface area contributed by atoms with Crippen LogP contribution in [0.3, 0.4) is 0 Å². The van der Waals surface area contributed by atoms with Crippen molar-refractivity contribution in [2.45, 2.75) is 39.3 Å². The standard InChI is InChI=1S/C21H36N4O/c1-6-22-20(23-17-21(2,3)24(4)5)25-13-12-19(14-25)16-26-15-18-10-8-7-9-11-18/h7-11,19H,6,12-17H2,1-5H3,(H,22,23). The van der Waals surface area contributed by atoms with E-state index in [0.29, 0.717) is 12.5 Å². The van der Waals surface area contributed by atoms with Crippen LogP contribution in [-0.2, 0) is 11.3 Å². The third kappa shape index (κ3) is 6.29. The molecule has 5 heteroatoms. The van der Waals surface area contributed by atoms with Crippen molar-refractivity contribution in [3.8, 4) is 0 Å². The number of rotatable bonds is 8. The highest BCUT2D eigenvalue weighted by Crippen LogP contribution is 2.18. The Kier molecular flexibility index (Phi) is 7.91. The lowest BCUT2D eigenvalue weighted by Crippen LogP contribution is -2.44. The Bertz CT molecular complexity index is 556. The SMILES string of the molecule is CCNC(=NCC(C)(C)N(C)C)N1CCC(COCc2ccccc2)C1. The average molecular weight is 361 g/mol. The number of likely N-dealkylation sites (tertiary alicyclic amines) is 1. The molecule has 0 spiro atoms. The summed E-state index contributed by atoms with van der Waals surface area (Å²) in [5.74, 6) is 1.61. The normalized spacial score (nSPS) is 18.6. The van der Waals surface area contributed by atoms with E-state index in [1.54, 1.807) is 0 Å². The van der Waals surface area contributed by atoms with Crippen LogP contribution in [0.5, 0.6) is 0 Å². The van der Waals surface area contributed by atoms with Gasteiger partial charge in [-0.2, -0.15) is 0 Å². The van der Waals surface area contributed by atoms with Crippen LogP contribution >= 0.6 is 0 Å². The highest BCUT2D eigenvalue weighted by molar-refractivity contribution is 5.80. The molecule has 0 aliphatic carbocycles. The molecule has 1 unspecified atom stereocenters. The third-order valence-corrected chi connectivity index (χ3v) is 5.21. The number of ether oxygens (including phenoxy) is 1. The minimum absolute atomic E-state index is 0.0542. The van der Waals surface area contributed by atoms with Gasteiger partial charge in [-0.05, 0) is 46.9 Å². The summed E-state index contributed by atoms with van der Waals surface area (Å²) in [6.07, 6.45) is 1.16. The number of hydrogen-bond donors (Lipinski definition) is 1. The quantitative estimate of drug-likeness (QED) is 0.572. The minimum atomic E-state index is 0.0542. The van der Waals surface area contributed by atoms with Gasteiger partial charge in [-0.25, -0.2) is 0 Å². The van der Waals surface area contributed by atoms with Gasteiger partial charge in [0.15, 0.2) is 5.96 Å². The fourth-order valence-electron chi connectivity index (χ4n) is 2.91. The molecule has 146 valence electrons. The van der Waals surface area contributed by atoms with Gasteiger partial charge < -0.3 is 19.9 Å². The second-order valence-electron chi connectivity index (χ2n) is 7.98. The highest BCUT2D eigenvalue weighted by atomic mass is 16.5. The van der Waals surface area contributed by atoms with Crippen molar-refractivity contribution < 1.29 is 4.74 Å². The van der Waals surface area contributed by atoms with E-state index < -0.39 is 0 Å². The van der Waals surface area contributed by atoms with Crippen molar-refractivity contribution in [2.24, 2.45) is 10.9 Å². The summed E-state index contributed by atoms with van der Waals surface area (Å²) in [6, 6.07) is 10.4. The Hall–Kier alpha value is -1.59. The fraction of sp³-hybridized carbons (Fsp3) is 0.667. The Labute approximate surface area is 159 Å². The lowest BCUT2D eigenvalue weighted by molar-refractivity contribution is 0.0906. The molecule has 1 aliphatic heterocycles. The van der Waals surface area contributed by atoms with E-state index in [-0.39, 0.29) is 5.54 Å². The van der Waals surface area contributed by atoms with Crippen molar-refractivity contribution >= 4 is 5.96 Å². The first kappa shape index (κ1) is 20.7. The summed E-state index contributed by atoms with van der Waals surface area (Å²) in [5.41, 5.74) is 1.29. The van der Waals surface area contributed by atoms with Gasteiger partial charge in [-0.1, -0.05) is 30.3 Å². The van der Waals surface area contributed by atoms with Gasteiger partial charge >= 0.3 is 0 Å². The smallest absolute Gasteiger partial charge is 0.193 e. The number of hydrogen-bond acceptors (Lipinski definition) is 3. The number of benzene rings is 1. The summed E-state index contributed by atoms with van der Waals surface area (Å²) in [5, 5.41) is 3.46. The number of aliphatic imine (C=N–C) groups is 1. The van der Waals surface area contributed by atoms with E-state index in [0.717, 1.165) is 45.2 Å². The van der Waals surface area contributed by atoms with Crippen molar-refractivity contribution in [3.63, 3.8) is 0 Å². The number of likely N-dealkylation sites (N-methyl/N-ethyl adjacent to an activating group) is 1. The maximum absolute atomic E-state index is 5.94. The number of guanidine groups is 1. The summed E-state index contributed by atoms with van der Waals surface area (Å²) < 4.78 is 5.94. The molecular weight excluding hydrogens is 324 g/mol. The van der Waals surface area contributed by atoms with E-state index >= 15 is 0 Å². The Morgan fingerprint density at radius 2 is 2.04 bits per heavy atom. The first-order chi connectivity index (χ1) is 12.4. The van der Waals surface area contributed by atoms with Crippen LogP contribution in [0.4, 0.5) is 0 Å². The first-order valence-corrected chi connectivity index (χ1v) is 9.74. The lowest BCUT2D eigenvalue weighted by Gasteiger charge is -2.32. The topological polar surface area (TPSA) is 40.1 Å². The van der Waals surface area contributed by atoms with Crippen molar-refractivity contribution in [2.75, 3.05) is 46.9 Å². The Balaban J connectivity index is 1.83. The molecule has 1 saturated heterocycles. The van der Waals surface area contributed by atoms with E-state index in [1.165, 1.54) is 5.56 Å². The molecule has 2 rings (SSSR count). The second kappa shape index (κ2) is 9.93. The van der Waals surface area contributed by atoms with E-state index in [2.05, 4.69) is 74.2 Å². The van der Waals surface area contributed by atoms with Gasteiger partial charge in [-0.15, -0.1) is 0 Å². The van der Waals surface area contributed by atoms with Crippen LogP contribution in [-0.4, -0.2) is 68.2 Å². The van der Waals surface area contributed by atoms with Crippen LogP contribution in [0.25, 0.3) is 0 Å². The molecule has 0 radical (unpaired) electrons. The number of nitrogens with zero attached hydrogens (tertiary/aromatic N) is 3. The van der Waals surface area contributed by atoms with Crippen LogP contribution < -0.4 is 5.32 Å². The molecule has 5 nitrogen and oxygen atoms in total. The summed E-state index contributed by atoms with van der Waals surface area (Å²) >= 11 is 0. The lowest BCUT2D eigenvalue weighted by atomic mass is 10.1. The molecule has 1 heterocycles. The monoisotopic (exact) mass is 360 g/mol. The van der Waals surface area contributed by atoms with Crippen LogP contribution in [0.2, 0.25) is 0 Å². The molecule has 0 saturated carbocycles. The zero-order chi connectivity index (χ0) is 19.0. The van der Waals surface area contributed by atoms with Gasteiger partial charge in [0.1, 0.15) is 0 Å². The Morgan fingerprint density at radius 3 is 2.69 bits per heavy atom. The zero-order valence-corrected chi connectivity index (χ0v) is 17.2. The van der Waals surface area contributed by atoms with E-state index in [1.807, 2.05) is 6.07 Å². The van der Waals surface area contributed by atoms with Crippen LogP contribution in [0, 0.1) is 5.92 Å². The molecule has 1 aromatic rings. The molecule has 0 aromatic heterocycles. The molecule has 1 N–H and O–H groups in total. The van der Waals surface area contributed by atoms with E-state index in [9.17, 15) is 0 Å². The first-order valence-electron chi connectivity index (χ1n) is 9.74. The van der Waals surface area contributed by atoms with E-state index in [4.69, 9.17) is 9.73 Å². The molecule has 0 amide bonds. The largest absolute Gasteiger partial charge is 0.376 e. The third-order valence-electron chi connectivity index (χ3n) is 5.21. The number of nitrogens with one attached hydrogen (secondary N) is 1. The average Bonchev–Trinajstić information content (AvgIpc) is 3.08. The zero-order valence-electron chi connectivity index (χ0n) is 17.2. The summed E-state index contributed by atoms with van der Waals surface area (Å²) in [6.45, 7) is 11.8. The minimum Gasteiger partial charge on any atom is -0.376 e. The molecule has 1 atom stereocenters. The predicted octanol–water partition coefficient (Wildman–Crippen LogP) is 2.83. The summed E-state index contributed by atoms with van der Waals surface area (Å²) in [7, 11) is 4.22. The maximum atomic E-state index is 5.94. The van der Waals surface area contributed by atoms with Crippen molar-refractivity contribution in [1.82, 2.24) is 15.1 Å². The van der Waals surface area contributed by atoms with Gasteiger partial charge in [0, 0.05) is 31.1 Å².